The molecule has 6 heteroatoms. The molecule has 0 saturated carbocycles. The number of hydrogen-bond acceptors (Lipinski definition) is 5. The first-order valence-electron chi connectivity index (χ1n) is 5.44. The van der Waals surface area contributed by atoms with Crippen molar-refractivity contribution in [3.8, 4) is 0 Å². The number of carbonyl (C=O) groups is 1. The maximum atomic E-state index is 10.7. The Morgan fingerprint density at radius 3 is 2.88 bits per heavy atom. The Kier molecular flexibility index (Phi) is 3.35. The molecule has 0 aliphatic carbocycles. The molecule has 2 heterocycles. The zero-order chi connectivity index (χ0) is 12.4. The highest BCUT2D eigenvalue weighted by molar-refractivity contribution is 5.84. The van der Waals surface area contributed by atoms with E-state index in [-0.39, 0.29) is 24.6 Å². The average molecular weight is 241 g/mol. The molecule has 1 aliphatic heterocycles. The van der Waals surface area contributed by atoms with Crippen molar-refractivity contribution in [1.82, 2.24) is 0 Å². The van der Waals surface area contributed by atoms with Gasteiger partial charge >= 0.3 is 5.97 Å². The number of hydrogen-bond donors (Lipinski definition) is 2. The van der Waals surface area contributed by atoms with Crippen LogP contribution >= 0.6 is 0 Å². The molecule has 17 heavy (non-hydrogen) atoms. The Labute approximate surface area is 98.4 Å². The quantitative estimate of drug-likeness (QED) is 0.804. The van der Waals surface area contributed by atoms with Crippen LogP contribution in [-0.4, -0.2) is 48.1 Å². The molecule has 1 aromatic rings. The summed E-state index contributed by atoms with van der Waals surface area (Å²) in [5, 5.41) is 17.9. The highest BCUT2D eigenvalue weighted by Crippen LogP contribution is 2.22. The van der Waals surface area contributed by atoms with Gasteiger partial charge in [0.15, 0.2) is 5.88 Å². The SMILES string of the molecule is CC1CN(c2ccc(C(=O)O)o2)CC(CO)O1. The van der Waals surface area contributed by atoms with E-state index in [1.54, 1.807) is 6.07 Å². The van der Waals surface area contributed by atoms with Gasteiger partial charge in [0.05, 0.1) is 18.8 Å². The van der Waals surface area contributed by atoms with E-state index in [1.165, 1.54) is 6.07 Å². The Morgan fingerprint density at radius 2 is 2.29 bits per heavy atom. The van der Waals surface area contributed by atoms with Crippen LogP contribution < -0.4 is 4.90 Å². The van der Waals surface area contributed by atoms with E-state index in [1.807, 2.05) is 11.8 Å². The summed E-state index contributed by atoms with van der Waals surface area (Å²) in [5.41, 5.74) is 0. The molecule has 2 unspecified atom stereocenters. The summed E-state index contributed by atoms with van der Waals surface area (Å²) in [4.78, 5) is 12.6. The number of morpholine rings is 1. The minimum Gasteiger partial charge on any atom is -0.475 e. The molecular weight excluding hydrogens is 226 g/mol. The number of nitrogens with zero attached hydrogens (tertiary/aromatic N) is 1. The predicted molar refractivity (Wildman–Crippen MR) is 59.3 cm³/mol. The first-order chi connectivity index (χ1) is 8.10. The van der Waals surface area contributed by atoms with Crippen molar-refractivity contribution in [3.05, 3.63) is 17.9 Å². The molecule has 1 fully saturated rings. The maximum Gasteiger partial charge on any atom is 0.371 e. The molecule has 1 aromatic heterocycles. The summed E-state index contributed by atoms with van der Waals surface area (Å²) in [6.07, 6.45) is -0.295. The maximum absolute atomic E-state index is 10.7. The van der Waals surface area contributed by atoms with Crippen LogP contribution in [-0.2, 0) is 4.74 Å². The van der Waals surface area contributed by atoms with Crippen molar-refractivity contribution >= 4 is 11.9 Å². The van der Waals surface area contributed by atoms with Crippen molar-refractivity contribution in [2.24, 2.45) is 0 Å². The summed E-state index contributed by atoms with van der Waals surface area (Å²) < 4.78 is 10.7. The molecule has 0 spiro atoms. The molecule has 2 rings (SSSR count). The number of ether oxygens (including phenoxy) is 1. The standard InChI is InChI=1S/C11H15NO5/c1-7-4-12(5-8(6-13)16-7)10-3-2-9(17-10)11(14)15/h2-3,7-8,13H,4-6H2,1H3,(H,14,15). The van der Waals surface area contributed by atoms with Gasteiger partial charge in [0.2, 0.25) is 5.76 Å². The number of aliphatic hydroxyl groups excluding tert-OH is 1. The van der Waals surface area contributed by atoms with Crippen molar-refractivity contribution in [3.63, 3.8) is 0 Å². The molecule has 2 atom stereocenters. The van der Waals surface area contributed by atoms with Crippen LogP contribution in [0.2, 0.25) is 0 Å². The van der Waals surface area contributed by atoms with Crippen molar-refractivity contribution < 1.29 is 24.2 Å². The molecule has 1 saturated heterocycles. The summed E-state index contributed by atoms with van der Waals surface area (Å²) in [6.45, 7) is 2.94. The van der Waals surface area contributed by atoms with Crippen LogP contribution in [0.3, 0.4) is 0 Å². The number of carboxylic acids is 1. The van der Waals surface area contributed by atoms with Crippen LogP contribution in [0.4, 0.5) is 5.88 Å². The summed E-state index contributed by atoms with van der Waals surface area (Å²) in [6, 6.07) is 3.04. The van der Waals surface area contributed by atoms with Gasteiger partial charge in [0, 0.05) is 19.2 Å². The topological polar surface area (TPSA) is 83.1 Å². The van der Waals surface area contributed by atoms with E-state index in [2.05, 4.69) is 0 Å². The monoisotopic (exact) mass is 241 g/mol. The minimum absolute atomic E-state index is 0.0284. The van der Waals surface area contributed by atoms with E-state index < -0.39 is 5.97 Å². The second-order valence-electron chi connectivity index (χ2n) is 4.10. The number of rotatable bonds is 3. The second kappa shape index (κ2) is 4.77. The molecule has 6 nitrogen and oxygen atoms in total. The first-order valence-corrected chi connectivity index (χ1v) is 5.44. The Hall–Kier alpha value is -1.53. The number of furan rings is 1. The molecule has 0 bridgehead atoms. The predicted octanol–water partition coefficient (Wildman–Crippen LogP) is 0.564. The lowest BCUT2D eigenvalue weighted by molar-refractivity contribution is -0.0430. The van der Waals surface area contributed by atoms with Gasteiger partial charge in [0.1, 0.15) is 0 Å². The minimum atomic E-state index is -1.09. The molecule has 0 amide bonds. The number of aromatic carboxylic acids is 1. The summed E-state index contributed by atoms with van der Waals surface area (Å²) in [7, 11) is 0. The van der Waals surface area contributed by atoms with Crippen LogP contribution in [0.25, 0.3) is 0 Å². The van der Waals surface area contributed by atoms with E-state index >= 15 is 0 Å². The van der Waals surface area contributed by atoms with E-state index in [4.69, 9.17) is 19.4 Å². The molecule has 2 N–H and O–H groups in total. The van der Waals surface area contributed by atoms with E-state index in [0.717, 1.165) is 0 Å². The van der Waals surface area contributed by atoms with Crippen molar-refractivity contribution in [1.29, 1.82) is 0 Å². The highest BCUT2D eigenvalue weighted by Gasteiger charge is 2.27. The van der Waals surface area contributed by atoms with E-state index in [9.17, 15) is 4.79 Å². The van der Waals surface area contributed by atoms with Crippen molar-refractivity contribution in [2.75, 3.05) is 24.6 Å². The van der Waals surface area contributed by atoms with Crippen LogP contribution in [0, 0.1) is 0 Å². The number of aliphatic hydroxyl groups is 1. The highest BCUT2D eigenvalue weighted by atomic mass is 16.5. The second-order valence-corrected chi connectivity index (χ2v) is 4.10. The molecule has 94 valence electrons. The largest absolute Gasteiger partial charge is 0.475 e. The Morgan fingerprint density at radius 1 is 1.53 bits per heavy atom. The molecule has 0 radical (unpaired) electrons. The summed E-state index contributed by atoms with van der Waals surface area (Å²) >= 11 is 0. The lowest BCUT2D eigenvalue weighted by Crippen LogP contribution is -2.48. The zero-order valence-electron chi connectivity index (χ0n) is 9.50. The molecule has 0 aromatic carbocycles. The fourth-order valence-electron chi connectivity index (χ4n) is 1.94. The van der Waals surface area contributed by atoms with Crippen LogP contribution in [0.1, 0.15) is 17.5 Å². The first kappa shape index (κ1) is 11.9. The van der Waals surface area contributed by atoms with Gasteiger partial charge in [-0.05, 0) is 13.0 Å². The third kappa shape index (κ3) is 2.59. The van der Waals surface area contributed by atoms with Crippen LogP contribution in [0.15, 0.2) is 16.5 Å². The van der Waals surface area contributed by atoms with Gasteiger partial charge < -0.3 is 24.3 Å². The van der Waals surface area contributed by atoms with Gasteiger partial charge in [-0.25, -0.2) is 4.79 Å². The lowest BCUT2D eigenvalue weighted by atomic mass is 10.2. The van der Waals surface area contributed by atoms with Gasteiger partial charge in [-0.3, -0.25) is 0 Å². The zero-order valence-corrected chi connectivity index (χ0v) is 9.50. The number of anilines is 1. The van der Waals surface area contributed by atoms with E-state index in [0.29, 0.717) is 19.0 Å². The third-order valence-corrected chi connectivity index (χ3v) is 2.64. The lowest BCUT2D eigenvalue weighted by Gasteiger charge is -2.35. The number of carboxylic acid groups (broad SMARTS) is 1. The normalized spacial score (nSPS) is 24.9. The Balaban J connectivity index is 2.12. The fraction of sp³-hybridized carbons (Fsp3) is 0.545. The van der Waals surface area contributed by atoms with Crippen molar-refractivity contribution in [2.45, 2.75) is 19.1 Å². The van der Waals surface area contributed by atoms with Gasteiger partial charge in [-0.2, -0.15) is 0 Å². The molecular formula is C11H15NO5. The van der Waals surface area contributed by atoms with Gasteiger partial charge in [-0.1, -0.05) is 0 Å². The third-order valence-electron chi connectivity index (χ3n) is 2.64. The van der Waals surface area contributed by atoms with Gasteiger partial charge in [0.25, 0.3) is 0 Å². The molecule has 1 aliphatic rings. The smallest absolute Gasteiger partial charge is 0.371 e. The average Bonchev–Trinajstić information content (AvgIpc) is 2.77. The van der Waals surface area contributed by atoms with Crippen LogP contribution in [0.5, 0.6) is 0 Å². The fourth-order valence-corrected chi connectivity index (χ4v) is 1.94. The van der Waals surface area contributed by atoms with Gasteiger partial charge in [-0.15, -0.1) is 0 Å². The Bertz CT molecular complexity index is 402. The summed E-state index contributed by atoms with van der Waals surface area (Å²) in [5.74, 6) is -0.674.